The third-order valence-corrected chi connectivity index (χ3v) is 3.58. The number of ether oxygens (including phenoxy) is 1. The highest BCUT2D eigenvalue weighted by atomic mass is 79.9. The van der Waals surface area contributed by atoms with E-state index in [9.17, 15) is 4.79 Å². The second-order valence-corrected chi connectivity index (χ2v) is 4.84. The molecule has 0 spiro atoms. The zero-order valence-corrected chi connectivity index (χ0v) is 10.9. The van der Waals surface area contributed by atoms with Crippen LogP contribution >= 0.6 is 15.9 Å². The Bertz CT molecular complexity index is 638. The summed E-state index contributed by atoms with van der Waals surface area (Å²) in [5.74, 6) is 0. The van der Waals surface area contributed by atoms with Crippen LogP contribution in [0.15, 0.2) is 15.9 Å². The number of aliphatic hydroxyl groups is 1. The van der Waals surface area contributed by atoms with Crippen molar-refractivity contribution in [3.63, 3.8) is 0 Å². The standard InChI is InChI=1S/C10H11BrN4O3/c11-10-14-7-8(12-4-13-9(7)17)15(10)6-2-1-5(3-16)18-6/h4-6,16H,1-3H2,(H,12,13,17)/t5-,6+/m0/s1. The van der Waals surface area contributed by atoms with E-state index < -0.39 is 0 Å². The van der Waals surface area contributed by atoms with Crippen molar-refractivity contribution in [2.75, 3.05) is 6.61 Å². The molecule has 3 rings (SSSR count). The average molecular weight is 315 g/mol. The minimum atomic E-state index is -0.281. The highest BCUT2D eigenvalue weighted by Gasteiger charge is 2.29. The Morgan fingerprint density at radius 3 is 3.17 bits per heavy atom. The normalized spacial score (nSPS) is 23.9. The summed E-state index contributed by atoms with van der Waals surface area (Å²) in [7, 11) is 0. The van der Waals surface area contributed by atoms with Crippen LogP contribution in [0.5, 0.6) is 0 Å². The molecule has 0 radical (unpaired) electrons. The van der Waals surface area contributed by atoms with Crippen molar-refractivity contribution in [1.82, 2.24) is 19.5 Å². The van der Waals surface area contributed by atoms with Gasteiger partial charge in [0.15, 0.2) is 15.9 Å². The van der Waals surface area contributed by atoms with E-state index in [-0.39, 0.29) is 30.0 Å². The van der Waals surface area contributed by atoms with Crippen LogP contribution in [0.3, 0.4) is 0 Å². The number of aliphatic hydroxyl groups excluding tert-OH is 1. The van der Waals surface area contributed by atoms with Crippen LogP contribution in [-0.4, -0.2) is 37.3 Å². The van der Waals surface area contributed by atoms with E-state index in [2.05, 4.69) is 30.9 Å². The molecule has 7 nitrogen and oxygen atoms in total. The number of rotatable bonds is 2. The topological polar surface area (TPSA) is 93.0 Å². The smallest absolute Gasteiger partial charge is 0.278 e. The molecule has 0 bridgehead atoms. The first-order valence-electron chi connectivity index (χ1n) is 5.58. The fourth-order valence-corrected chi connectivity index (χ4v) is 2.73. The minimum absolute atomic E-state index is 0.00520. The van der Waals surface area contributed by atoms with Gasteiger partial charge >= 0.3 is 0 Å². The van der Waals surface area contributed by atoms with Gasteiger partial charge in [0.1, 0.15) is 6.23 Å². The predicted octanol–water partition coefficient (Wildman–Crippen LogP) is 0.552. The molecule has 1 aliphatic heterocycles. The van der Waals surface area contributed by atoms with Gasteiger partial charge in [0.2, 0.25) is 0 Å². The lowest BCUT2D eigenvalue weighted by Crippen LogP contribution is -2.15. The fraction of sp³-hybridized carbons (Fsp3) is 0.500. The van der Waals surface area contributed by atoms with Gasteiger partial charge < -0.3 is 14.8 Å². The lowest BCUT2D eigenvalue weighted by atomic mass is 10.2. The second kappa shape index (κ2) is 4.45. The molecule has 1 saturated heterocycles. The van der Waals surface area contributed by atoms with Gasteiger partial charge in [-0.2, -0.15) is 0 Å². The third kappa shape index (κ3) is 1.76. The van der Waals surface area contributed by atoms with Crippen molar-refractivity contribution < 1.29 is 9.84 Å². The first-order chi connectivity index (χ1) is 8.70. The number of aromatic amines is 1. The van der Waals surface area contributed by atoms with E-state index in [0.29, 0.717) is 10.4 Å². The van der Waals surface area contributed by atoms with Crippen molar-refractivity contribution in [2.45, 2.75) is 25.2 Å². The van der Waals surface area contributed by atoms with Crippen LogP contribution in [0.1, 0.15) is 19.1 Å². The molecule has 18 heavy (non-hydrogen) atoms. The van der Waals surface area contributed by atoms with Gasteiger partial charge in [0.05, 0.1) is 19.0 Å². The number of hydrogen-bond donors (Lipinski definition) is 2. The highest BCUT2D eigenvalue weighted by molar-refractivity contribution is 9.10. The third-order valence-electron chi connectivity index (χ3n) is 3.02. The number of H-pyrrole nitrogens is 1. The maximum absolute atomic E-state index is 11.6. The number of halogens is 1. The summed E-state index contributed by atoms with van der Waals surface area (Å²) in [5.41, 5.74) is 0.478. The average Bonchev–Trinajstić information content (AvgIpc) is 2.93. The molecule has 0 saturated carbocycles. The van der Waals surface area contributed by atoms with Crippen LogP contribution in [0.2, 0.25) is 0 Å². The van der Waals surface area contributed by atoms with Crippen LogP contribution in [0.4, 0.5) is 0 Å². The van der Waals surface area contributed by atoms with E-state index >= 15 is 0 Å². The molecule has 1 fully saturated rings. The molecule has 3 heterocycles. The molecular formula is C10H11BrN4O3. The van der Waals surface area contributed by atoms with E-state index in [1.807, 2.05) is 0 Å². The van der Waals surface area contributed by atoms with Crippen LogP contribution in [0.25, 0.3) is 11.2 Å². The molecule has 0 unspecified atom stereocenters. The van der Waals surface area contributed by atoms with Crippen LogP contribution < -0.4 is 5.56 Å². The minimum Gasteiger partial charge on any atom is -0.394 e. The molecule has 2 atom stereocenters. The zero-order valence-electron chi connectivity index (χ0n) is 9.34. The number of aromatic nitrogens is 4. The maximum atomic E-state index is 11.6. The van der Waals surface area contributed by atoms with E-state index in [1.165, 1.54) is 6.33 Å². The molecule has 2 aromatic rings. The molecular weight excluding hydrogens is 304 g/mol. The van der Waals surface area contributed by atoms with E-state index in [0.717, 1.165) is 12.8 Å². The molecule has 0 amide bonds. The molecule has 0 aliphatic carbocycles. The van der Waals surface area contributed by atoms with Crippen molar-refractivity contribution in [3.8, 4) is 0 Å². The summed E-state index contributed by atoms with van der Waals surface area (Å²) in [6.45, 7) is -0.00520. The molecule has 2 aromatic heterocycles. The van der Waals surface area contributed by atoms with Gasteiger partial charge in [-0.15, -0.1) is 0 Å². The number of nitrogens with one attached hydrogen (secondary N) is 1. The van der Waals surface area contributed by atoms with Crippen LogP contribution in [-0.2, 0) is 4.74 Å². The Kier molecular flexibility index (Phi) is 2.92. The first-order valence-corrected chi connectivity index (χ1v) is 6.37. The van der Waals surface area contributed by atoms with Gasteiger partial charge in [-0.1, -0.05) is 0 Å². The van der Waals surface area contributed by atoms with Gasteiger partial charge in [0.25, 0.3) is 5.56 Å². The Hall–Kier alpha value is -1.25. The predicted molar refractivity (Wildman–Crippen MR) is 66.1 cm³/mol. The Balaban J connectivity index is 2.10. The maximum Gasteiger partial charge on any atom is 0.278 e. The van der Waals surface area contributed by atoms with Gasteiger partial charge in [-0.05, 0) is 28.8 Å². The second-order valence-electron chi connectivity index (χ2n) is 4.13. The lowest BCUT2D eigenvalue weighted by Gasteiger charge is -2.14. The number of imidazole rings is 1. The van der Waals surface area contributed by atoms with Crippen molar-refractivity contribution in [1.29, 1.82) is 0 Å². The summed E-state index contributed by atoms with van der Waals surface area (Å²) < 4.78 is 7.92. The van der Waals surface area contributed by atoms with Crippen LogP contribution in [0, 0.1) is 0 Å². The monoisotopic (exact) mass is 314 g/mol. The summed E-state index contributed by atoms with van der Waals surface area (Å²) >= 11 is 3.31. The van der Waals surface area contributed by atoms with E-state index in [1.54, 1.807) is 4.57 Å². The number of nitrogens with zero attached hydrogens (tertiary/aromatic N) is 3. The van der Waals surface area contributed by atoms with Gasteiger partial charge in [-0.3, -0.25) is 9.36 Å². The Morgan fingerprint density at radius 2 is 2.44 bits per heavy atom. The lowest BCUT2D eigenvalue weighted by molar-refractivity contribution is -0.0217. The molecule has 8 heteroatoms. The molecule has 96 valence electrons. The van der Waals surface area contributed by atoms with Crippen molar-refractivity contribution in [2.24, 2.45) is 0 Å². The highest BCUT2D eigenvalue weighted by Crippen LogP contribution is 2.32. The number of fused-ring (bicyclic) bond motifs is 1. The summed E-state index contributed by atoms with van der Waals surface area (Å²) in [5, 5.41) is 9.08. The zero-order chi connectivity index (χ0) is 12.7. The summed E-state index contributed by atoms with van der Waals surface area (Å²) in [4.78, 5) is 22.4. The SMILES string of the molecule is O=c1[nH]cnc2c1nc(Br)n2[C@H]1CC[C@@H](CO)O1. The van der Waals surface area contributed by atoms with Gasteiger partial charge in [-0.25, -0.2) is 9.97 Å². The molecule has 2 N–H and O–H groups in total. The first kappa shape index (κ1) is 11.8. The number of hydrogen-bond acceptors (Lipinski definition) is 5. The largest absolute Gasteiger partial charge is 0.394 e. The van der Waals surface area contributed by atoms with Gasteiger partial charge in [0, 0.05) is 0 Å². The Labute approximate surface area is 110 Å². The van der Waals surface area contributed by atoms with Crippen molar-refractivity contribution >= 4 is 27.1 Å². The summed E-state index contributed by atoms with van der Waals surface area (Å²) in [6.07, 6.45) is 2.45. The fourth-order valence-electron chi connectivity index (χ4n) is 2.16. The molecule has 1 aliphatic rings. The Morgan fingerprint density at radius 1 is 1.61 bits per heavy atom. The van der Waals surface area contributed by atoms with Crippen molar-refractivity contribution in [3.05, 3.63) is 21.4 Å². The molecule has 0 aromatic carbocycles. The summed E-state index contributed by atoms with van der Waals surface area (Å²) in [6, 6.07) is 0. The quantitative estimate of drug-likeness (QED) is 0.790. The van der Waals surface area contributed by atoms with E-state index in [4.69, 9.17) is 9.84 Å².